The number of carbonyl (C=O) groups excluding carboxylic acids is 1. The Balaban J connectivity index is 1.81. The topological polar surface area (TPSA) is 59.8 Å². The standard InChI is InChI=1S/C19H20N4O/c1-13-18(14(2)23(3)22-13)16-10-7-11-17(21-16)19(24)20-12-15-8-5-4-6-9-15/h4-11H,12H2,1-3H3,(H,20,24). The third-order valence-corrected chi connectivity index (χ3v) is 4.04. The number of aromatic nitrogens is 3. The van der Waals surface area contributed by atoms with Gasteiger partial charge in [-0.05, 0) is 31.5 Å². The van der Waals surface area contributed by atoms with Gasteiger partial charge < -0.3 is 5.32 Å². The summed E-state index contributed by atoms with van der Waals surface area (Å²) >= 11 is 0. The van der Waals surface area contributed by atoms with E-state index in [1.54, 1.807) is 6.07 Å². The molecule has 1 N–H and O–H groups in total. The maximum absolute atomic E-state index is 12.4. The van der Waals surface area contributed by atoms with Crippen molar-refractivity contribution in [1.29, 1.82) is 0 Å². The minimum atomic E-state index is -0.181. The number of amides is 1. The van der Waals surface area contributed by atoms with Crippen molar-refractivity contribution in [3.63, 3.8) is 0 Å². The molecule has 1 aromatic carbocycles. The average molecular weight is 320 g/mol. The number of hydrogen-bond donors (Lipinski definition) is 1. The van der Waals surface area contributed by atoms with Crippen LogP contribution in [0.15, 0.2) is 48.5 Å². The molecule has 0 bridgehead atoms. The van der Waals surface area contributed by atoms with Crippen LogP contribution in [-0.4, -0.2) is 20.7 Å². The molecule has 0 atom stereocenters. The highest BCUT2D eigenvalue weighted by molar-refractivity contribution is 5.92. The van der Waals surface area contributed by atoms with E-state index in [0.29, 0.717) is 12.2 Å². The van der Waals surface area contributed by atoms with Crippen molar-refractivity contribution in [3.8, 4) is 11.3 Å². The number of rotatable bonds is 4. The van der Waals surface area contributed by atoms with Crippen molar-refractivity contribution in [2.75, 3.05) is 0 Å². The third kappa shape index (κ3) is 3.20. The lowest BCUT2D eigenvalue weighted by Gasteiger charge is -2.07. The molecule has 2 heterocycles. The van der Waals surface area contributed by atoms with Crippen LogP contribution >= 0.6 is 0 Å². The summed E-state index contributed by atoms with van der Waals surface area (Å²) < 4.78 is 1.83. The fourth-order valence-corrected chi connectivity index (χ4v) is 2.71. The van der Waals surface area contributed by atoms with Gasteiger partial charge in [0.1, 0.15) is 5.69 Å². The first-order chi connectivity index (χ1) is 11.6. The van der Waals surface area contributed by atoms with Gasteiger partial charge in [-0.2, -0.15) is 5.10 Å². The molecule has 3 rings (SSSR count). The first-order valence-electron chi connectivity index (χ1n) is 7.86. The van der Waals surface area contributed by atoms with Crippen LogP contribution in [0.3, 0.4) is 0 Å². The predicted molar refractivity (Wildman–Crippen MR) is 93.5 cm³/mol. The van der Waals surface area contributed by atoms with Crippen molar-refractivity contribution < 1.29 is 4.79 Å². The van der Waals surface area contributed by atoms with Crippen molar-refractivity contribution in [2.24, 2.45) is 7.05 Å². The van der Waals surface area contributed by atoms with Crippen LogP contribution in [0.1, 0.15) is 27.4 Å². The normalized spacial score (nSPS) is 10.6. The van der Waals surface area contributed by atoms with Crippen LogP contribution in [0.4, 0.5) is 0 Å². The Morgan fingerprint density at radius 3 is 2.50 bits per heavy atom. The molecule has 5 nitrogen and oxygen atoms in total. The molecule has 0 saturated carbocycles. The van der Waals surface area contributed by atoms with E-state index in [4.69, 9.17) is 0 Å². The summed E-state index contributed by atoms with van der Waals surface area (Å²) in [6.45, 7) is 4.43. The first-order valence-corrected chi connectivity index (χ1v) is 7.86. The van der Waals surface area contributed by atoms with E-state index in [1.807, 2.05) is 68.0 Å². The minimum Gasteiger partial charge on any atom is -0.347 e. The maximum atomic E-state index is 12.4. The van der Waals surface area contributed by atoms with E-state index in [0.717, 1.165) is 28.2 Å². The lowest BCUT2D eigenvalue weighted by Crippen LogP contribution is -2.23. The number of nitrogens with one attached hydrogen (secondary N) is 1. The van der Waals surface area contributed by atoms with Crippen molar-refractivity contribution in [2.45, 2.75) is 20.4 Å². The second-order valence-corrected chi connectivity index (χ2v) is 5.75. The van der Waals surface area contributed by atoms with Gasteiger partial charge >= 0.3 is 0 Å². The average Bonchev–Trinajstić information content (AvgIpc) is 2.86. The molecule has 0 unspecified atom stereocenters. The number of nitrogens with zero attached hydrogens (tertiary/aromatic N) is 3. The minimum absolute atomic E-state index is 0.181. The molecular weight excluding hydrogens is 300 g/mol. The highest BCUT2D eigenvalue weighted by atomic mass is 16.1. The molecule has 0 aliphatic rings. The monoisotopic (exact) mass is 320 g/mol. The lowest BCUT2D eigenvalue weighted by molar-refractivity contribution is 0.0946. The van der Waals surface area contributed by atoms with Gasteiger partial charge in [0.15, 0.2) is 0 Å². The summed E-state index contributed by atoms with van der Waals surface area (Å²) in [7, 11) is 1.91. The summed E-state index contributed by atoms with van der Waals surface area (Å²) in [5, 5.41) is 7.32. The molecule has 0 aliphatic carbocycles. The molecule has 0 aliphatic heterocycles. The molecule has 1 amide bonds. The van der Waals surface area contributed by atoms with Crippen LogP contribution in [0.2, 0.25) is 0 Å². The molecule has 2 aromatic heterocycles. The van der Waals surface area contributed by atoms with Crippen LogP contribution in [-0.2, 0) is 13.6 Å². The van der Waals surface area contributed by atoms with Crippen molar-refractivity contribution in [1.82, 2.24) is 20.1 Å². The first kappa shape index (κ1) is 15.9. The van der Waals surface area contributed by atoms with Crippen LogP contribution in [0.5, 0.6) is 0 Å². The summed E-state index contributed by atoms with van der Waals surface area (Å²) in [5.74, 6) is -0.181. The van der Waals surface area contributed by atoms with E-state index in [9.17, 15) is 4.79 Å². The van der Waals surface area contributed by atoms with E-state index < -0.39 is 0 Å². The maximum Gasteiger partial charge on any atom is 0.270 e. The van der Waals surface area contributed by atoms with Gasteiger partial charge in [0, 0.05) is 24.8 Å². The molecule has 0 saturated heterocycles. The van der Waals surface area contributed by atoms with Crippen molar-refractivity contribution >= 4 is 5.91 Å². The number of pyridine rings is 1. The molecule has 0 radical (unpaired) electrons. The number of benzene rings is 1. The molecular formula is C19H20N4O. The summed E-state index contributed by atoms with van der Waals surface area (Å²) in [4.78, 5) is 16.9. The zero-order valence-electron chi connectivity index (χ0n) is 14.1. The fraction of sp³-hybridized carbons (Fsp3) is 0.211. The number of carbonyl (C=O) groups is 1. The summed E-state index contributed by atoms with van der Waals surface area (Å²) in [5.41, 5.74) is 5.15. The quantitative estimate of drug-likeness (QED) is 0.804. The summed E-state index contributed by atoms with van der Waals surface area (Å²) in [6.07, 6.45) is 0. The van der Waals surface area contributed by atoms with Crippen LogP contribution in [0, 0.1) is 13.8 Å². The van der Waals surface area contributed by atoms with Crippen molar-refractivity contribution in [3.05, 3.63) is 71.2 Å². The molecule has 122 valence electrons. The second kappa shape index (κ2) is 6.66. The molecule has 3 aromatic rings. The predicted octanol–water partition coefficient (Wildman–Crippen LogP) is 3.03. The fourth-order valence-electron chi connectivity index (χ4n) is 2.71. The highest BCUT2D eigenvalue weighted by Gasteiger charge is 2.15. The number of aryl methyl sites for hydroxylation is 2. The Morgan fingerprint density at radius 2 is 1.83 bits per heavy atom. The summed E-state index contributed by atoms with van der Waals surface area (Å²) in [6, 6.07) is 15.3. The lowest BCUT2D eigenvalue weighted by atomic mass is 10.1. The Hall–Kier alpha value is -2.95. The van der Waals surface area contributed by atoms with Gasteiger partial charge in [-0.3, -0.25) is 9.48 Å². The number of hydrogen-bond acceptors (Lipinski definition) is 3. The van der Waals surface area contributed by atoms with Gasteiger partial charge in [0.25, 0.3) is 5.91 Å². The smallest absolute Gasteiger partial charge is 0.270 e. The van der Waals surface area contributed by atoms with Crippen LogP contribution in [0.25, 0.3) is 11.3 Å². The van der Waals surface area contributed by atoms with Gasteiger partial charge in [-0.1, -0.05) is 36.4 Å². The highest BCUT2D eigenvalue weighted by Crippen LogP contribution is 2.24. The van der Waals surface area contributed by atoms with E-state index in [-0.39, 0.29) is 5.91 Å². The molecule has 0 fully saturated rings. The van der Waals surface area contributed by atoms with E-state index in [2.05, 4.69) is 15.4 Å². The Bertz CT molecular complexity index is 868. The SMILES string of the molecule is Cc1nn(C)c(C)c1-c1cccc(C(=O)NCc2ccccc2)n1. The van der Waals surface area contributed by atoms with E-state index >= 15 is 0 Å². The molecule has 0 spiro atoms. The zero-order chi connectivity index (χ0) is 17.1. The second-order valence-electron chi connectivity index (χ2n) is 5.75. The Morgan fingerprint density at radius 1 is 1.08 bits per heavy atom. The molecule has 24 heavy (non-hydrogen) atoms. The van der Waals surface area contributed by atoms with E-state index in [1.165, 1.54) is 0 Å². The Kier molecular flexibility index (Phi) is 4.42. The molecule has 5 heteroatoms. The van der Waals surface area contributed by atoms with Gasteiger partial charge in [-0.15, -0.1) is 0 Å². The zero-order valence-corrected chi connectivity index (χ0v) is 14.1. The third-order valence-electron chi connectivity index (χ3n) is 4.04. The largest absolute Gasteiger partial charge is 0.347 e. The van der Waals surface area contributed by atoms with Gasteiger partial charge in [-0.25, -0.2) is 4.98 Å². The van der Waals surface area contributed by atoms with Gasteiger partial charge in [0.2, 0.25) is 0 Å². The Labute approximate surface area is 141 Å². The van der Waals surface area contributed by atoms with Crippen LogP contribution < -0.4 is 5.32 Å². The van der Waals surface area contributed by atoms with Gasteiger partial charge in [0.05, 0.1) is 11.4 Å².